The van der Waals surface area contributed by atoms with Crippen molar-refractivity contribution in [2.45, 2.75) is 25.8 Å². The number of fused-ring (bicyclic) bond motifs is 1. The van der Waals surface area contributed by atoms with Gasteiger partial charge in [-0.3, -0.25) is 4.79 Å². The van der Waals surface area contributed by atoms with E-state index in [1.807, 2.05) is 24.3 Å². The van der Waals surface area contributed by atoms with Crippen LogP contribution in [0, 0.1) is 5.82 Å². The van der Waals surface area contributed by atoms with Crippen molar-refractivity contribution in [2.75, 3.05) is 11.4 Å². The first-order valence-electron chi connectivity index (χ1n) is 8.19. The van der Waals surface area contributed by atoms with Crippen LogP contribution in [0.2, 0.25) is 0 Å². The summed E-state index contributed by atoms with van der Waals surface area (Å²) in [6.07, 6.45) is 0.359. The number of benzene rings is 2. The highest BCUT2D eigenvalue weighted by molar-refractivity contribution is 5.96. The van der Waals surface area contributed by atoms with Crippen LogP contribution < -0.4 is 4.90 Å². The molecule has 0 saturated carbocycles. The number of aromatic nitrogens is 2. The highest BCUT2D eigenvalue weighted by atomic mass is 19.1. The minimum absolute atomic E-state index is 0.0237. The summed E-state index contributed by atoms with van der Waals surface area (Å²) in [6, 6.07) is 14.4. The van der Waals surface area contributed by atoms with Crippen molar-refractivity contribution in [3.05, 3.63) is 60.2 Å². The number of imidazole rings is 1. The molecule has 1 saturated heterocycles. The molecular weight excluding hydrogens is 305 g/mol. The minimum atomic E-state index is -0.365. The smallest absolute Gasteiger partial charge is 0.227 e. The lowest BCUT2D eigenvalue weighted by atomic mass is 10.1. The van der Waals surface area contributed by atoms with E-state index in [0.717, 1.165) is 23.4 Å². The van der Waals surface area contributed by atoms with Crippen LogP contribution in [0.5, 0.6) is 0 Å². The quantitative estimate of drug-likeness (QED) is 0.737. The number of halogens is 1. The fourth-order valence-electron chi connectivity index (χ4n) is 3.52. The Morgan fingerprint density at radius 1 is 1.17 bits per heavy atom. The van der Waals surface area contributed by atoms with E-state index in [9.17, 15) is 9.18 Å². The maximum atomic E-state index is 14.0. The van der Waals surface area contributed by atoms with Gasteiger partial charge in [-0.05, 0) is 31.2 Å². The maximum Gasteiger partial charge on any atom is 0.227 e. The van der Waals surface area contributed by atoms with E-state index < -0.39 is 0 Å². The molecule has 3 aromatic rings. The molecule has 1 fully saturated rings. The van der Waals surface area contributed by atoms with E-state index >= 15 is 0 Å². The molecule has 122 valence electrons. The Morgan fingerprint density at radius 3 is 2.71 bits per heavy atom. The molecule has 1 atom stereocenters. The van der Waals surface area contributed by atoms with Crippen LogP contribution in [0.15, 0.2) is 48.5 Å². The van der Waals surface area contributed by atoms with Gasteiger partial charge in [0.05, 0.1) is 16.7 Å². The number of carbonyl (C=O) groups is 1. The average Bonchev–Trinajstić information content (AvgIpc) is 3.15. The summed E-state index contributed by atoms with van der Waals surface area (Å²) in [5.41, 5.74) is 2.36. The molecule has 4 nitrogen and oxygen atoms in total. The Bertz CT molecular complexity index is 918. The Labute approximate surface area is 139 Å². The number of rotatable bonds is 3. The van der Waals surface area contributed by atoms with Crippen molar-refractivity contribution in [2.24, 2.45) is 0 Å². The zero-order valence-electron chi connectivity index (χ0n) is 13.4. The second kappa shape index (κ2) is 5.74. The van der Waals surface area contributed by atoms with Crippen LogP contribution in [0.3, 0.4) is 0 Å². The Morgan fingerprint density at radius 2 is 1.92 bits per heavy atom. The predicted molar refractivity (Wildman–Crippen MR) is 91.5 cm³/mol. The zero-order chi connectivity index (χ0) is 16.7. The monoisotopic (exact) mass is 323 g/mol. The molecule has 2 aromatic carbocycles. The predicted octanol–water partition coefficient (Wildman–Crippen LogP) is 3.72. The standard InChI is InChI=1S/C19H18FN3O/c1-2-22-17-10-6-4-8-15(17)21-19(22)13-11-18(24)23(12-13)16-9-5-3-7-14(16)20/h3-10,13H,2,11-12H2,1H3/t13-/m1/s1. The van der Waals surface area contributed by atoms with E-state index in [4.69, 9.17) is 4.98 Å². The van der Waals surface area contributed by atoms with Crippen molar-refractivity contribution in [3.63, 3.8) is 0 Å². The first-order chi connectivity index (χ1) is 11.7. The van der Waals surface area contributed by atoms with Gasteiger partial charge in [0.25, 0.3) is 0 Å². The molecule has 0 radical (unpaired) electrons. The number of aryl methyl sites for hydroxylation is 1. The molecular formula is C19H18FN3O. The molecule has 1 aliphatic rings. The van der Waals surface area contributed by atoms with Crippen LogP contribution in [-0.2, 0) is 11.3 Å². The highest BCUT2D eigenvalue weighted by Gasteiger charge is 2.35. The van der Waals surface area contributed by atoms with E-state index in [1.54, 1.807) is 23.1 Å². The number of carbonyl (C=O) groups excluding carboxylic acids is 1. The lowest BCUT2D eigenvalue weighted by Gasteiger charge is -2.17. The van der Waals surface area contributed by atoms with Gasteiger partial charge in [0.15, 0.2) is 0 Å². The summed E-state index contributed by atoms with van der Waals surface area (Å²) in [7, 11) is 0. The maximum absolute atomic E-state index is 14.0. The summed E-state index contributed by atoms with van der Waals surface area (Å²) in [5.74, 6) is 0.464. The second-order valence-corrected chi connectivity index (χ2v) is 6.06. The summed E-state index contributed by atoms with van der Waals surface area (Å²) < 4.78 is 16.2. The number of anilines is 1. The van der Waals surface area contributed by atoms with Crippen LogP contribution in [-0.4, -0.2) is 22.0 Å². The lowest BCUT2D eigenvalue weighted by Crippen LogP contribution is -2.25. The third-order valence-corrected chi connectivity index (χ3v) is 4.63. The third kappa shape index (κ3) is 2.28. The molecule has 0 bridgehead atoms. The van der Waals surface area contributed by atoms with Crippen LogP contribution in [0.25, 0.3) is 11.0 Å². The average molecular weight is 323 g/mol. The van der Waals surface area contributed by atoms with Gasteiger partial charge in [0.2, 0.25) is 5.91 Å². The minimum Gasteiger partial charge on any atom is -0.328 e. The molecule has 0 unspecified atom stereocenters. The molecule has 1 amide bonds. The van der Waals surface area contributed by atoms with Gasteiger partial charge in [-0.15, -0.1) is 0 Å². The third-order valence-electron chi connectivity index (χ3n) is 4.63. The summed E-state index contributed by atoms with van der Waals surface area (Å²) >= 11 is 0. The molecule has 5 heteroatoms. The van der Waals surface area contributed by atoms with Crippen molar-refractivity contribution in [3.8, 4) is 0 Å². The van der Waals surface area contributed by atoms with Crippen molar-refractivity contribution in [1.82, 2.24) is 9.55 Å². The molecule has 2 heterocycles. The fourth-order valence-corrected chi connectivity index (χ4v) is 3.52. The summed E-state index contributed by atoms with van der Waals surface area (Å²) in [4.78, 5) is 18.7. The second-order valence-electron chi connectivity index (χ2n) is 6.06. The molecule has 4 rings (SSSR count). The van der Waals surface area contributed by atoms with E-state index in [1.165, 1.54) is 6.07 Å². The molecule has 0 aliphatic carbocycles. The van der Waals surface area contributed by atoms with Gasteiger partial charge < -0.3 is 9.47 Å². The van der Waals surface area contributed by atoms with Gasteiger partial charge in [-0.2, -0.15) is 0 Å². The summed E-state index contributed by atoms with van der Waals surface area (Å²) in [5, 5.41) is 0. The first kappa shape index (κ1) is 14.9. The number of amides is 1. The van der Waals surface area contributed by atoms with Gasteiger partial charge in [-0.25, -0.2) is 9.37 Å². The number of hydrogen-bond acceptors (Lipinski definition) is 2. The van der Waals surface area contributed by atoms with Gasteiger partial charge in [0, 0.05) is 25.4 Å². The van der Waals surface area contributed by atoms with Gasteiger partial charge in [-0.1, -0.05) is 24.3 Å². The number of nitrogens with zero attached hydrogens (tertiary/aromatic N) is 3. The van der Waals surface area contributed by atoms with Crippen LogP contribution >= 0.6 is 0 Å². The first-order valence-corrected chi connectivity index (χ1v) is 8.19. The van der Waals surface area contributed by atoms with E-state index in [2.05, 4.69) is 11.5 Å². The summed E-state index contributed by atoms with van der Waals surface area (Å²) in [6.45, 7) is 3.33. The van der Waals surface area contributed by atoms with Crippen molar-refractivity contribution >= 4 is 22.6 Å². The zero-order valence-corrected chi connectivity index (χ0v) is 13.4. The largest absolute Gasteiger partial charge is 0.328 e. The fraction of sp³-hybridized carbons (Fsp3) is 0.263. The van der Waals surface area contributed by atoms with Crippen LogP contribution in [0.1, 0.15) is 25.1 Å². The molecule has 24 heavy (non-hydrogen) atoms. The van der Waals surface area contributed by atoms with Gasteiger partial charge >= 0.3 is 0 Å². The highest BCUT2D eigenvalue weighted by Crippen LogP contribution is 2.34. The molecule has 1 aliphatic heterocycles. The SMILES string of the molecule is CCn1c([C@@H]2CC(=O)N(c3ccccc3F)C2)nc2ccccc21. The molecule has 1 aromatic heterocycles. The Hall–Kier alpha value is -2.69. The number of para-hydroxylation sites is 3. The lowest BCUT2D eigenvalue weighted by molar-refractivity contribution is -0.117. The van der Waals surface area contributed by atoms with E-state index in [0.29, 0.717) is 18.7 Å². The molecule has 0 N–H and O–H groups in total. The molecule has 0 spiro atoms. The van der Waals surface area contributed by atoms with E-state index in [-0.39, 0.29) is 17.6 Å². The van der Waals surface area contributed by atoms with Crippen LogP contribution in [0.4, 0.5) is 10.1 Å². The topological polar surface area (TPSA) is 38.1 Å². The normalized spacial score (nSPS) is 17.8. The number of hydrogen-bond donors (Lipinski definition) is 0. The Balaban J connectivity index is 1.72. The van der Waals surface area contributed by atoms with Gasteiger partial charge in [0.1, 0.15) is 11.6 Å². The van der Waals surface area contributed by atoms with Crippen molar-refractivity contribution < 1.29 is 9.18 Å². The Kier molecular flexibility index (Phi) is 3.56. The van der Waals surface area contributed by atoms with Crippen molar-refractivity contribution in [1.29, 1.82) is 0 Å².